The summed E-state index contributed by atoms with van der Waals surface area (Å²) in [5.41, 5.74) is 7.98. The number of nitrogens with one attached hydrogen (secondary N) is 1. The van der Waals surface area contributed by atoms with Gasteiger partial charge in [-0.15, -0.1) is 0 Å². The van der Waals surface area contributed by atoms with Gasteiger partial charge in [0.05, 0.1) is 12.6 Å². The molecule has 160 valence electrons. The molecule has 3 rings (SSSR count). The quantitative estimate of drug-likeness (QED) is 0.543. The first-order chi connectivity index (χ1) is 14.5. The van der Waals surface area contributed by atoms with Crippen molar-refractivity contribution in [2.45, 2.75) is 26.4 Å². The Morgan fingerprint density at radius 1 is 1.07 bits per heavy atom. The van der Waals surface area contributed by atoms with Gasteiger partial charge in [0.25, 0.3) is 0 Å². The summed E-state index contributed by atoms with van der Waals surface area (Å²) in [5, 5.41) is 3.04. The molecule has 0 unspecified atom stereocenters. The molecule has 0 radical (unpaired) electrons. The Kier molecular flexibility index (Phi) is 7.54. The molecule has 30 heavy (non-hydrogen) atoms. The molecule has 0 atom stereocenters. The molecule has 1 heterocycles. The predicted molar refractivity (Wildman–Crippen MR) is 122 cm³/mol. The van der Waals surface area contributed by atoms with Crippen LogP contribution < -0.4 is 20.7 Å². The maximum Gasteiger partial charge on any atom is 0.224 e. The fourth-order valence-corrected chi connectivity index (χ4v) is 3.36. The minimum absolute atomic E-state index is 0.120. The minimum atomic E-state index is 0.120. The lowest BCUT2D eigenvalue weighted by Gasteiger charge is -2.36. The first-order valence-corrected chi connectivity index (χ1v) is 10.4. The number of carbonyl (C=O) groups excluding carboxylic acids is 1. The van der Waals surface area contributed by atoms with Crippen LogP contribution in [0.4, 0.5) is 11.4 Å². The molecule has 1 fully saturated rings. The van der Waals surface area contributed by atoms with Crippen molar-refractivity contribution in [3.63, 3.8) is 0 Å². The van der Waals surface area contributed by atoms with Gasteiger partial charge >= 0.3 is 0 Å². The highest BCUT2D eigenvalue weighted by Gasteiger charge is 2.20. The standard InChI is InChI=1S/C23H31N5O2/c1-18(2)30-21-10-8-19(9-11-21)26-23(24)25-13-12-22(29)28-16-14-27(15-17-28)20-6-4-3-5-7-20/h3-11,18H,12-17H2,1-2H3,(H3,24,25,26). The molecule has 1 saturated heterocycles. The van der Waals surface area contributed by atoms with Gasteiger partial charge in [-0.1, -0.05) is 18.2 Å². The van der Waals surface area contributed by atoms with Gasteiger partial charge in [-0.05, 0) is 50.2 Å². The van der Waals surface area contributed by atoms with Gasteiger partial charge in [0.15, 0.2) is 5.96 Å². The van der Waals surface area contributed by atoms with Crippen LogP contribution >= 0.6 is 0 Å². The van der Waals surface area contributed by atoms with E-state index in [9.17, 15) is 4.79 Å². The molecule has 0 aliphatic carbocycles. The molecule has 7 heteroatoms. The minimum Gasteiger partial charge on any atom is -0.491 e. The fourth-order valence-electron chi connectivity index (χ4n) is 3.36. The van der Waals surface area contributed by atoms with E-state index in [0.717, 1.165) is 37.6 Å². The monoisotopic (exact) mass is 409 g/mol. The van der Waals surface area contributed by atoms with E-state index in [2.05, 4.69) is 27.3 Å². The molecule has 2 aromatic carbocycles. The second-order valence-electron chi connectivity index (χ2n) is 7.54. The van der Waals surface area contributed by atoms with Crippen molar-refractivity contribution in [3.05, 3.63) is 54.6 Å². The number of hydrogen-bond acceptors (Lipinski definition) is 4. The van der Waals surface area contributed by atoms with Crippen LogP contribution in [0.5, 0.6) is 5.75 Å². The zero-order chi connectivity index (χ0) is 21.3. The van der Waals surface area contributed by atoms with Crippen molar-refractivity contribution in [1.82, 2.24) is 4.90 Å². The molecule has 7 nitrogen and oxygen atoms in total. The van der Waals surface area contributed by atoms with Crippen molar-refractivity contribution in [3.8, 4) is 5.75 Å². The van der Waals surface area contributed by atoms with E-state index in [-0.39, 0.29) is 12.0 Å². The lowest BCUT2D eigenvalue weighted by atomic mass is 10.2. The molecular weight excluding hydrogens is 378 g/mol. The van der Waals surface area contributed by atoms with Crippen molar-refractivity contribution in [2.24, 2.45) is 10.7 Å². The summed E-state index contributed by atoms with van der Waals surface area (Å²) < 4.78 is 5.62. The van der Waals surface area contributed by atoms with Crippen molar-refractivity contribution in [1.29, 1.82) is 0 Å². The largest absolute Gasteiger partial charge is 0.491 e. The van der Waals surface area contributed by atoms with Gasteiger partial charge in [0.1, 0.15) is 5.75 Å². The summed E-state index contributed by atoms with van der Waals surface area (Å²) in [6, 6.07) is 17.8. The van der Waals surface area contributed by atoms with Crippen molar-refractivity contribution in [2.75, 3.05) is 42.9 Å². The lowest BCUT2D eigenvalue weighted by Crippen LogP contribution is -2.48. The highest BCUT2D eigenvalue weighted by Crippen LogP contribution is 2.17. The number of nitrogens with two attached hydrogens (primary N) is 1. The summed E-state index contributed by atoms with van der Waals surface area (Å²) in [4.78, 5) is 21.0. The van der Waals surface area contributed by atoms with Crippen LogP contribution in [-0.2, 0) is 4.79 Å². The van der Waals surface area contributed by atoms with E-state index in [1.165, 1.54) is 5.69 Å². The highest BCUT2D eigenvalue weighted by atomic mass is 16.5. The fraction of sp³-hybridized carbons (Fsp3) is 0.391. The Balaban J connectivity index is 1.40. The molecule has 1 amide bonds. The van der Waals surface area contributed by atoms with Crippen LogP contribution in [0.1, 0.15) is 20.3 Å². The number of benzene rings is 2. The molecule has 2 aromatic rings. The summed E-state index contributed by atoms with van der Waals surface area (Å²) in [6.07, 6.45) is 0.490. The third kappa shape index (κ3) is 6.40. The summed E-state index contributed by atoms with van der Waals surface area (Å²) in [6.45, 7) is 7.50. The molecule has 1 aliphatic rings. The molecule has 0 saturated carbocycles. The Morgan fingerprint density at radius 2 is 1.73 bits per heavy atom. The molecule has 0 aromatic heterocycles. The van der Waals surface area contributed by atoms with Crippen molar-refractivity contribution >= 4 is 23.2 Å². The average Bonchev–Trinajstić information content (AvgIpc) is 2.75. The number of aliphatic imine (C=N–C) groups is 1. The van der Waals surface area contributed by atoms with E-state index in [0.29, 0.717) is 18.9 Å². The first-order valence-electron chi connectivity index (χ1n) is 10.4. The van der Waals surface area contributed by atoms with Gasteiger partial charge in [0, 0.05) is 44.0 Å². The normalized spacial score (nSPS) is 14.7. The Hall–Kier alpha value is -3.22. The third-order valence-electron chi connectivity index (χ3n) is 4.86. The zero-order valence-electron chi connectivity index (χ0n) is 17.8. The maximum absolute atomic E-state index is 12.5. The summed E-state index contributed by atoms with van der Waals surface area (Å²) in [7, 11) is 0. The number of piperazine rings is 1. The lowest BCUT2D eigenvalue weighted by molar-refractivity contribution is -0.131. The number of anilines is 2. The Bertz CT molecular complexity index is 828. The SMILES string of the molecule is CC(C)Oc1ccc(NC(N)=NCCC(=O)N2CCN(c3ccccc3)CC2)cc1. The molecule has 3 N–H and O–H groups in total. The second kappa shape index (κ2) is 10.5. The number of para-hydroxylation sites is 1. The van der Waals surface area contributed by atoms with Crippen LogP contribution in [0, 0.1) is 0 Å². The molecule has 0 bridgehead atoms. The zero-order valence-corrected chi connectivity index (χ0v) is 17.8. The first kappa shape index (κ1) is 21.5. The Labute approximate surface area is 178 Å². The van der Waals surface area contributed by atoms with E-state index in [1.54, 1.807) is 0 Å². The number of hydrogen-bond donors (Lipinski definition) is 2. The van der Waals surface area contributed by atoms with Crippen LogP contribution in [0.15, 0.2) is 59.6 Å². The van der Waals surface area contributed by atoms with E-state index < -0.39 is 0 Å². The van der Waals surface area contributed by atoms with Crippen LogP contribution in [0.2, 0.25) is 0 Å². The maximum atomic E-state index is 12.5. The van der Waals surface area contributed by atoms with Gasteiger partial charge in [-0.2, -0.15) is 0 Å². The third-order valence-corrected chi connectivity index (χ3v) is 4.86. The number of ether oxygens (including phenoxy) is 1. The van der Waals surface area contributed by atoms with Gasteiger partial charge in [-0.3, -0.25) is 9.79 Å². The van der Waals surface area contributed by atoms with Crippen LogP contribution in [-0.4, -0.2) is 55.6 Å². The number of guanidine groups is 1. The van der Waals surface area contributed by atoms with Gasteiger partial charge < -0.3 is 25.6 Å². The van der Waals surface area contributed by atoms with Crippen LogP contribution in [0.25, 0.3) is 0 Å². The van der Waals surface area contributed by atoms with E-state index in [1.807, 2.05) is 61.2 Å². The van der Waals surface area contributed by atoms with E-state index >= 15 is 0 Å². The number of carbonyl (C=O) groups is 1. The number of amides is 1. The smallest absolute Gasteiger partial charge is 0.224 e. The number of nitrogens with zero attached hydrogens (tertiary/aromatic N) is 3. The second-order valence-corrected chi connectivity index (χ2v) is 7.54. The molecule has 0 spiro atoms. The van der Waals surface area contributed by atoms with E-state index in [4.69, 9.17) is 10.5 Å². The molecule has 1 aliphatic heterocycles. The highest BCUT2D eigenvalue weighted by molar-refractivity contribution is 5.92. The molecular formula is C23H31N5O2. The number of rotatable bonds is 7. The van der Waals surface area contributed by atoms with Crippen LogP contribution in [0.3, 0.4) is 0 Å². The Morgan fingerprint density at radius 3 is 2.37 bits per heavy atom. The summed E-state index contributed by atoms with van der Waals surface area (Å²) in [5.74, 6) is 1.23. The summed E-state index contributed by atoms with van der Waals surface area (Å²) >= 11 is 0. The topological polar surface area (TPSA) is 83.2 Å². The van der Waals surface area contributed by atoms with Gasteiger partial charge in [0.2, 0.25) is 5.91 Å². The van der Waals surface area contributed by atoms with Crippen molar-refractivity contribution < 1.29 is 9.53 Å². The van der Waals surface area contributed by atoms with Gasteiger partial charge in [-0.25, -0.2) is 0 Å². The average molecular weight is 410 g/mol. The predicted octanol–water partition coefficient (Wildman–Crippen LogP) is 2.94.